The summed E-state index contributed by atoms with van der Waals surface area (Å²) < 4.78 is 2.65. The molecule has 2 heteroatoms. The lowest BCUT2D eigenvalue weighted by Gasteiger charge is -2.59. The zero-order chi connectivity index (χ0) is 34.2. The van der Waals surface area contributed by atoms with Crippen LogP contribution in [0, 0.1) is 34.0 Å². The molecule has 3 unspecified atom stereocenters. The standard InChI is InChI=1S/C44H59NS/c1-27(40(4,5)6)44(28(2)41(7,8)9,29(3)42(10,11)12)32-20-21-34-35-22-23-45-38(39(35)46-37(34)26-32)31-24-30-18-16-17-19-33(30)36(25-31)43(13,14)15/h16-29H,1-15H3. The number of thiophene rings is 1. The average molecular weight is 634 g/mol. The van der Waals surface area contributed by atoms with E-state index in [0.717, 1.165) is 5.69 Å². The average Bonchev–Trinajstić information content (AvgIpc) is 3.33. The van der Waals surface area contributed by atoms with E-state index in [1.165, 1.54) is 47.6 Å². The maximum atomic E-state index is 5.07. The number of nitrogens with zero attached hydrogens (tertiary/aromatic N) is 1. The Kier molecular flexibility index (Phi) is 8.63. The summed E-state index contributed by atoms with van der Waals surface area (Å²) in [6.45, 7) is 36.6. The molecule has 0 saturated carbocycles. The Labute approximate surface area is 284 Å². The lowest BCUT2D eigenvalue weighted by atomic mass is 9.45. The molecule has 3 aromatic carbocycles. The van der Waals surface area contributed by atoms with Crippen LogP contribution in [0.1, 0.15) is 115 Å². The van der Waals surface area contributed by atoms with Crippen molar-refractivity contribution < 1.29 is 0 Å². The number of hydrogen-bond acceptors (Lipinski definition) is 2. The Bertz CT molecular complexity index is 1830. The van der Waals surface area contributed by atoms with Crippen molar-refractivity contribution in [3.05, 3.63) is 78.0 Å². The fourth-order valence-electron chi connectivity index (χ4n) is 8.27. The molecule has 0 saturated heterocycles. The molecular weight excluding hydrogens is 575 g/mol. The summed E-state index contributed by atoms with van der Waals surface area (Å²) in [5.41, 5.74) is 5.60. The molecule has 5 aromatic rings. The molecule has 0 radical (unpaired) electrons. The van der Waals surface area contributed by atoms with Gasteiger partial charge in [0, 0.05) is 32.6 Å². The van der Waals surface area contributed by atoms with Crippen molar-refractivity contribution in [2.24, 2.45) is 34.0 Å². The van der Waals surface area contributed by atoms with Crippen LogP contribution in [-0.2, 0) is 10.8 Å². The third-order valence-electron chi connectivity index (χ3n) is 11.9. The van der Waals surface area contributed by atoms with E-state index in [1.54, 1.807) is 0 Å². The van der Waals surface area contributed by atoms with Crippen LogP contribution in [0.25, 0.3) is 42.2 Å². The summed E-state index contributed by atoms with van der Waals surface area (Å²) in [5.74, 6) is 1.38. The van der Waals surface area contributed by atoms with Crippen LogP contribution in [0.4, 0.5) is 0 Å². The second kappa shape index (κ2) is 11.5. The summed E-state index contributed by atoms with van der Waals surface area (Å²) in [4.78, 5) is 5.07. The molecule has 46 heavy (non-hydrogen) atoms. The van der Waals surface area contributed by atoms with Crippen LogP contribution in [-0.4, -0.2) is 4.98 Å². The van der Waals surface area contributed by atoms with E-state index in [1.807, 2.05) is 17.5 Å². The van der Waals surface area contributed by atoms with Crippen LogP contribution in [0.15, 0.2) is 66.9 Å². The smallest absolute Gasteiger partial charge is 0.0880 e. The first-order chi connectivity index (χ1) is 21.1. The van der Waals surface area contributed by atoms with E-state index in [-0.39, 0.29) is 27.1 Å². The molecule has 0 amide bonds. The van der Waals surface area contributed by atoms with E-state index in [2.05, 4.69) is 165 Å². The maximum absolute atomic E-state index is 5.07. The highest BCUT2D eigenvalue weighted by molar-refractivity contribution is 7.26. The highest BCUT2D eigenvalue weighted by atomic mass is 32.1. The van der Waals surface area contributed by atoms with Gasteiger partial charge in [-0.25, -0.2) is 0 Å². The molecule has 0 spiro atoms. The monoisotopic (exact) mass is 633 g/mol. The first-order valence-corrected chi connectivity index (χ1v) is 18.3. The highest BCUT2D eigenvalue weighted by Gasteiger charge is 2.55. The summed E-state index contributed by atoms with van der Waals surface area (Å²) in [5, 5.41) is 5.26. The molecule has 0 aliphatic carbocycles. The molecule has 0 bridgehead atoms. The number of fused-ring (bicyclic) bond motifs is 4. The highest BCUT2D eigenvalue weighted by Crippen LogP contribution is 2.60. The van der Waals surface area contributed by atoms with Gasteiger partial charge in [0.2, 0.25) is 0 Å². The van der Waals surface area contributed by atoms with Crippen molar-refractivity contribution in [3.8, 4) is 11.3 Å². The molecule has 5 rings (SSSR count). The van der Waals surface area contributed by atoms with Crippen LogP contribution < -0.4 is 0 Å². The van der Waals surface area contributed by atoms with Crippen molar-refractivity contribution in [2.45, 2.75) is 115 Å². The van der Waals surface area contributed by atoms with Crippen LogP contribution >= 0.6 is 11.3 Å². The van der Waals surface area contributed by atoms with Gasteiger partial charge in [-0.2, -0.15) is 0 Å². The van der Waals surface area contributed by atoms with Gasteiger partial charge < -0.3 is 0 Å². The second-order valence-electron chi connectivity index (χ2n) is 18.5. The minimum absolute atomic E-state index is 0.0269. The number of hydrogen-bond donors (Lipinski definition) is 0. The lowest BCUT2D eigenvalue weighted by molar-refractivity contribution is -0.0382. The van der Waals surface area contributed by atoms with E-state index in [0.29, 0.717) is 17.8 Å². The van der Waals surface area contributed by atoms with E-state index in [9.17, 15) is 0 Å². The normalized spacial score (nSPS) is 16.9. The van der Waals surface area contributed by atoms with Crippen molar-refractivity contribution >= 4 is 42.3 Å². The zero-order valence-electron chi connectivity index (χ0n) is 31.4. The Balaban J connectivity index is 1.82. The first kappa shape index (κ1) is 34.6. The molecule has 0 aliphatic rings. The van der Waals surface area contributed by atoms with Gasteiger partial charge in [-0.05, 0) is 85.6 Å². The minimum Gasteiger partial charge on any atom is -0.255 e. The molecule has 246 valence electrons. The Morgan fingerprint density at radius 3 is 1.70 bits per heavy atom. The van der Waals surface area contributed by atoms with Gasteiger partial charge in [-0.15, -0.1) is 11.3 Å². The van der Waals surface area contributed by atoms with E-state index in [4.69, 9.17) is 4.98 Å². The predicted octanol–water partition coefficient (Wildman–Crippen LogP) is 13.9. The molecule has 3 atom stereocenters. The molecule has 0 fully saturated rings. The molecule has 1 nitrogen and oxygen atoms in total. The van der Waals surface area contributed by atoms with Gasteiger partial charge in [0.05, 0.1) is 10.4 Å². The third-order valence-corrected chi connectivity index (χ3v) is 13.1. The second-order valence-corrected chi connectivity index (χ2v) is 19.6. The fourth-order valence-corrected chi connectivity index (χ4v) is 9.52. The van der Waals surface area contributed by atoms with Gasteiger partial charge in [-0.1, -0.05) is 140 Å². The molecule has 2 aromatic heterocycles. The number of pyridine rings is 1. The Hall–Kier alpha value is -2.71. The Morgan fingerprint density at radius 1 is 0.587 bits per heavy atom. The summed E-state index contributed by atoms with van der Waals surface area (Å²) in [6.07, 6.45) is 2.01. The Morgan fingerprint density at radius 2 is 1.15 bits per heavy atom. The SMILES string of the molecule is CC(C(C)(C)C)C(c1ccc2c(c1)sc1c(-c3cc(C(C)(C)C)c4ccccc4c3)nccc12)(C(C)C(C)(C)C)C(C)C(C)(C)C. The quantitative estimate of drug-likeness (QED) is 0.188. The van der Waals surface area contributed by atoms with E-state index < -0.39 is 0 Å². The van der Waals surface area contributed by atoms with Crippen LogP contribution in [0.3, 0.4) is 0 Å². The van der Waals surface area contributed by atoms with Gasteiger partial charge in [0.25, 0.3) is 0 Å². The minimum atomic E-state index is -0.0276. The number of rotatable bonds is 5. The van der Waals surface area contributed by atoms with Gasteiger partial charge in [0.15, 0.2) is 0 Å². The van der Waals surface area contributed by atoms with Crippen molar-refractivity contribution in [3.63, 3.8) is 0 Å². The summed E-state index contributed by atoms with van der Waals surface area (Å²) >= 11 is 1.93. The zero-order valence-corrected chi connectivity index (χ0v) is 32.3. The number of benzene rings is 3. The summed E-state index contributed by atoms with van der Waals surface area (Å²) in [6, 6.07) is 23.3. The van der Waals surface area contributed by atoms with Crippen molar-refractivity contribution in [1.82, 2.24) is 4.98 Å². The van der Waals surface area contributed by atoms with Crippen molar-refractivity contribution in [2.75, 3.05) is 0 Å². The maximum Gasteiger partial charge on any atom is 0.0880 e. The number of aromatic nitrogens is 1. The summed E-state index contributed by atoms with van der Waals surface area (Å²) in [7, 11) is 0. The predicted molar refractivity (Wildman–Crippen MR) is 206 cm³/mol. The lowest BCUT2D eigenvalue weighted by Crippen LogP contribution is -2.56. The molecule has 2 heterocycles. The van der Waals surface area contributed by atoms with E-state index >= 15 is 0 Å². The van der Waals surface area contributed by atoms with Crippen LogP contribution in [0.2, 0.25) is 0 Å². The topological polar surface area (TPSA) is 12.9 Å². The third kappa shape index (κ3) is 5.82. The van der Waals surface area contributed by atoms with Crippen LogP contribution in [0.5, 0.6) is 0 Å². The molecule has 0 aliphatic heterocycles. The largest absolute Gasteiger partial charge is 0.255 e. The van der Waals surface area contributed by atoms with Gasteiger partial charge >= 0.3 is 0 Å². The fraction of sp³-hybridized carbons (Fsp3) is 0.523. The van der Waals surface area contributed by atoms with Gasteiger partial charge in [-0.3, -0.25) is 4.98 Å². The van der Waals surface area contributed by atoms with Gasteiger partial charge in [0.1, 0.15) is 0 Å². The first-order valence-electron chi connectivity index (χ1n) is 17.4. The molecule has 0 N–H and O–H groups in total. The molecular formula is C44H59NS. The van der Waals surface area contributed by atoms with Crippen molar-refractivity contribution in [1.29, 1.82) is 0 Å².